The quantitative estimate of drug-likeness (QED) is 0.771. The summed E-state index contributed by atoms with van der Waals surface area (Å²) in [5, 5.41) is 12.7. The van der Waals surface area contributed by atoms with Gasteiger partial charge < -0.3 is 24.6 Å². The maximum Gasteiger partial charge on any atom is 0.276 e. The van der Waals surface area contributed by atoms with Crippen LogP contribution in [0.5, 0.6) is 5.75 Å². The lowest BCUT2D eigenvalue weighted by atomic mass is 10.1. The van der Waals surface area contributed by atoms with E-state index in [1.54, 1.807) is 0 Å². The van der Waals surface area contributed by atoms with Crippen molar-refractivity contribution in [1.29, 1.82) is 0 Å². The van der Waals surface area contributed by atoms with Crippen LogP contribution in [0, 0.1) is 5.82 Å². The third-order valence-corrected chi connectivity index (χ3v) is 4.60. The minimum Gasteiger partial charge on any atom is -0.503 e. The highest BCUT2D eigenvalue weighted by Crippen LogP contribution is 2.26. The van der Waals surface area contributed by atoms with Crippen molar-refractivity contribution < 1.29 is 23.8 Å². The van der Waals surface area contributed by atoms with E-state index in [0.717, 1.165) is 6.20 Å². The van der Waals surface area contributed by atoms with E-state index in [1.165, 1.54) is 27.9 Å². The number of aromatic nitrogens is 2. The molecule has 0 radical (unpaired) electrons. The molecule has 0 aliphatic carbocycles. The van der Waals surface area contributed by atoms with Crippen molar-refractivity contribution in [3.05, 3.63) is 57.5 Å². The summed E-state index contributed by atoms with van der Waals surface area (Å²) >= 11 is 0. The highest BCUT2D eigenvalue weighted by Gasteiger charge is 2.39. The number of aromatic hydroxyl groups is 1. The number of nitrogens with one attached hydrogen (secondary N) is 1. The summed E-state index contributed by atoms with van der Waals surface area (Å²) in [5.74, 6) is -2.69. The monoisotopic (exact) mass is 374 g/mol. The van der Waals surface area contributed by atoms with Crippen LogP contribution in [0.2, 0.25) is 0 Å². The molecule has 9 nitrogen and oxygen atoms in total. The van der Waals surface area contributed by atoms with Crippen LogP contribution in [0.25, 0.3) is 0 Å². The van der Waals surface area contributed by atoms with E-state index in [4.69, 9.17) is 4.74 Å². The molecular weight excluding hydrogens is 359 g/mol. The number of pyridine rings is 2. The van der Waals surface area contributed by atoms with Crippen LogP contribution in [-0.2, 0) is 17.8 Å². The minimum atomic E-state index is -0.958. The first kappa shape index (κ1) is 17.2. The number of halogens is 1. The van der Waals surface area contributed by atoms with E-state index in [2.05, 4.69) is 10.3 Å². The second kappa shape index (κ2) is 6.47. The van der Waals surface area contributed by atoms with Crippen LogP contribution < -0.4 is 10.7 Å². The zero-order valence-electron chi connectivity index (χ0n) is 14.0. The van der Waals surface area contributed by atoms with Crippen LogP contribution in [-0.4, -0.2) is 50.8 Å². The van der Waals surface area contributed by atoms with Crippen molar-refractivity contribution in [2.45, 2.75) is 19.3 Å². The van der Waals surface area contributed by atoms with Gasteiger partial charge in [-0.15, -0.1) is 0 Å². The van der Waals surface area contributed by atoms with Gasteiger partial charge in [-0.1, -0.05) is 0 Å². The van der Waals surface area contributed by atoms with E-state index in [-0.39, 0.29) is 29.9 Å². The Labute approximate surface area is 152 Å². The Morgan fingerprint density at radius 1 is 1.44 bits per heavy atom. The lowest BCUT2D eigenvalue weighted by molar-refractivity contribution is 0.00845. The van der Waals surface area contributed by atoms with Gasteiger partial charge in [0.2, 0.25) is 5.43 Å². The van der Waals surface area contributed by atoms with Gasteiger partial charge in [0.25, 0.3) is 11.8 Å². The summed E-state index contributed by atoms with van der Waals surface area (Å²) in [5.41, 5.74) is -1.27. The molecule has 10 heteroatoms. The van der Waals surface area contributed by atoms with Gasteiger partial charge in [0.15, 0.2) is 17.7 Å². The number of carbonyl (C=O) groups is 2. The molecule has 2 aliphatic heterocycles. The number of rotatable bonds is 3. The molecule has 1 unspecified atom stereocenters. The number of ether oxygens (including phenoxy) is 1. The van der Waals surface area contributed by atoms with E-state index < -0.39 is 35.0 Å². The van der Waals surface area contributed by atoms with E-state index in [9.17, 15) is 23.9 Å². The molecule has 2 aromatic rings. The number of amides is 2. The predicted octanol–water partition coefficient (Wildman–Crippen LogP) is -0.170. The molecule has 27 heavy (non-hydrogen) atoms. The van der Waals surface area contributed by atoms with E-state index in [1.807, 2.05) is 0 Å². The smallest absolute Gasteiger partial charge is 0.276 e. The second-order valence-electron chi connectivity index (χ2n) is 6.20. The summed E-state index contributed by atoms with van der Waals surface area (Å²) in [4.78, 5) is 42.3. The molecule has 0 spiro atoms. The van der Waals surface area contributed by atoms with Crippen LogP contribution in [0.4, 0.5) is 4.39 Å². The lowest BCUT2D eigenvalue weighted by Gasteiger charge is -2.31. The maximum absolute atomic E-state index is 13.6. The Bertz CT molecular complexity index is 1010. The van der Waals surface area contributed by atoms with Gasteiger partial charge >= 0.3 is 0 Å². The Morgan fingerprint density at radius 3 is 3.04 bits per heavy atom. The Balaban J connectivity index is 1.63. The second-order valence-corrected chi connectivity index (χ2v) is 6.20. The molecule has 0 saturated carbocycles. The molecule has 0 aromatic carbocycles. The molecule has 1 fully saturated rings. The van der Waals surface area contributed by atoms with Crippen molar-refractivity contribution in [2.24, 2.45) is 0 Å². The minimum absolute atomic E-state index is 0.159. The van der Waals surface area contributed by atoms with Crippen molar-refractivity contribution in [3.8, 4) is 5.75 Å². The van der Waals surface area contributed by atoms with Gasteiger partial charge in [-0.05, 0) is 6.07 Å². The summed E-state index contributed by atoms with van der Waals surface area (Å²) in [6.45, 7) is 0.763. The maximum atomic E-state index is 13.6. The summed E-state index contributed by atoms with van der Waals surface area (Å²) in [6, 6.07) is 1.40. The normalized spacial score (nSPS) is 18.2. The number of nitrogens with zero attached hydrogens (tertiary/aromatic N) is 3. The number of fused-ring (bicyclic) bond motifs is 2. The van der Waals surface area contributed by atoms with Gasteiger partial charge in [0.1, 0.15) is 11.4 Å². The first-order valence-corrected chi connectivity index (χ1v) is 8.23. The van der Waals surface area contributed by atoms with E-state index >= 15 is 0 Å². The first-order chi connectivity index (χ1) is 13.0. The van der Waals surface area contributed by atoms with Crippen molar-refractivity contribution >= 4 is 11.8 Å². The Morgan fingerprint density at radius 2 is 2.26 bits per heavy atom. The van der Waals surface area contributed by atoms with Gasteiger partial charge in [-0.25, -0.2) is 4.39 Å². The Hall–Kier alpha value is -3.27. The summed E-state index contributed by atoms with van der Waals surface area (Å²) in [6.07, 6.45) is 3.10. The summed E-state index contributed by atoms with van der Waals surface area (Å²) < 4.78 is 20.4. The molecule has 4 rings (SSSR count). The average molecular weight is 374 g/mol. The molecule has 2 aromatic heterocycles. The highest BCUT2D eigenvalue weighted by atomic mass is 19.1. The lowest BCUT2D eigenvalue weighted by Crippen LogP contribution is -2.46. The molecule has 1 saturated heterocycles. The Kier molecular flexibility index (Phi) is 4.11. The van der Waals surface area contributed by atoms with Crippen molar-refractivity contribution in [3.63, 3.8) is 0 Å². The van der Waals surface area contributed by atoms with Crippen molar-refractivity contribution in [2.75, 3.05) is 13.2 Å². The fourth-order valence-electron chi connectivity index (χ4n) is 3.21. The number of hydrogen-bond acceptors (Lipinski definition) is 6. The predicted molar refractivity (Wildman–Crippen MR) is 88.5 cm³/mol. The van der Waals surface area contributed by atoms with Crippen molar-refractivity contribution in [1.82, 2.24) is 19.8 Å². The van der Waals surface area contributed by atoms with Crippen LogP contribution in [0.3, 0.4) is 0 Å². The SMILES string of the molecule is O=C(NCc1ccncc1F)c1cn2c(c(O)c1=O)C(=O)N1CCOC1C2. The number of carbonyl (C=O) groups excluding carboxylic acids is 2. The highest BCUT2D eigenvalue weighted by molar-refractivity contribution is 5.99. The van der Waals surface area contributed by atoms with Gasteiger partial charge in [-0.2, -0.15) is 0 Å². The third-order valence-electron chi connectivity index (χ3n) is 4.60. The fourth-order valence-corrected chi connectivity index (χ4v) is 3.21. The first-order valence-electron chi connectivity index (χ1n) is 8.23. The molecule has 2 amide bonds. The fraction of sp³-hybridized carbons (Fsp3) is 0.294. The van der Waals surface area contributed by atoms with Crippen LogP contribution in [0.1, 0.15) is 26.4 Å². The van der Waals surface area contributed by atoms with Crippen LogP contribution >= 0.6 is 0 Å². The molecule has 2 N–H and O–H groups in total. The molecule has 0 bridgehead atoms. The standard InChI is InChI=1S/C17H15FN4O5/c18-11-6-19-2-1-9(11)5-20-16(25)10-7-21-8-12-22(3-4-27-12)17(26)13(21)15(24)14(10)23/h1-2,6-7,12,24H,3-5,8H2,(H,20,25). The average Bonchev–Trinajstić information content (AvgIpc) is 3.12. The molecule has 2 aliphatic rings. The summed E-state index contributed by atoms with van der Waals surface area (Å²) in [7, 11) is 0. The molecular formula is C17H15FN4O5. The van der Waals surface area contributed by atoms with Gasteiger partial charge in [-0.3, -0.25) is 19.4 Å². The van der Waals surface area contributed by atoms with Gasteiger partial charge in [0, 0.05) is 31.0 Å². The molecule has 4 heterocycles. The largest absolute Gasteiger partial charge is 0.503 e. The zero-order valence-corrected chi connectivity index (χ0v) is 14.0. The molecule has 1 atom stereocenters. The van der Waals surface area contributed by atoms with Crippen LogP contribution in [0.15, 0.2) is 29.5 Å². The topological polar surface area (TPSA) is 114 Å². The molecule has 140 valence electrons. The number of hydrogen-bond donors (Lipinski definition) is 2. The van der Waals surface area contributed by atoms with Gasteiger partial charge in [0.05, 0.1) is 19.3 Å². The van der Waals surface area contributed by atoms with E-state index in [0.29, 0.717) is 13.2 Å². The zero-order chi connectivity index (χ0) is 19.1. The third kappa shape index (κ3) is 2.83.